The third-order valence-corrected chi connectivity index (χ3v) is 12.6. The van der Waals surface area contributed by atoms with Crippen LogP contribution in [0.2, 0.25) is 6.04 Å². The fourth-order valence-corrected chi connectivity index (χ4v) is 10.8. The molecular weight excluding hydrogens is 216 g/mol. The summed E-state index contributed by atoms with van der Waals surface area (Å²) in [7, 11) is -4.32. The Hall–Kier alpha value is -0.0231. The second-order valence-corrected chi connectivity index (χ2v) is 11.5. The van der Waals surface area contributed by atoms with E-state index in [2.05, 4.69) is 0 Å². The molecule has 4 N–H and O–H groups in total. The molecule has 0 unspecified atom stereocenters. The Morgan fingerprint density at radius 1 is 1.40 bits per heavy atom. The van der Waals surface area contributed by atoms with Gasteiger partial charge in [0.25, 0.3) is 0 Å². The molecule has 0 aromatic heterocycles. The molecule has 0 bridgehead atoms. The fraction of sp³-hybridized carbons (Fsp3) is 1.00. The van der Waals surface area contributed by atoms with Crippen LogP contribution in [0, 0.1) is 0 Å². The Morgan fingerprint density at radius 3 is 2.80 bits per heavy atom. The number of rotatable bonds is 2. The van der Waals surface area contributed by atoms with Gasteiger partial charge in [-0.3, -0.25) is 0 Å². The van der Waals surface area contributed by atoms with Crippen LogP contribution in [0.1, 0.15) is 6.42 Å². The van der Waals surface area contributed by atoms with Crippen LogP contribution in [0.5, 0.6) is 0 Å². The van der Waals surface area contributed by atoms with Crippen molar-refractivity contribution in [2.24, 2.45) is 0 Å². The molecule has 3 aliphatic heterocycles. The summed E-state index contributed by atoms with van der Waals surface area (Å²) in [5.74, 6) is 0. The molecule has 1 spiro atoms. The second kappa shape index (κ2) is 2.30. The Labute approximate surface area is 88.3 Å². The number of nitrogens with two attached hydrogens (primary N) is 1. The van der Waals surface area contributed by atoms with Crippen molar-refractivity contribution >= 4 is 7.68 Å². The van der Waals surface area contributed by atoms with Crippen LogP contribution >= 0.6 is 0 Å². The van der Waals surface area contributed by atoms with Gasteiger partial charge in [-0.1, -0.05) is 0 Å². The van der Waals surface area contributed by atoms with Crippen molar-refractivity contribution in [3.8, 4) is 0 Å². The summed E-state index contributed by atoms with van der Waals surface area (Å²) < 4.78 is 12.0. The summed E-state index contributed by atoms with van der Waals surface area (Å²) >= 11 is 0. The number of aliphatic hydroxyl groups excluding tert-OH is 1. The molecular formula is C8H20N2O4Si. The van der Waals surface area contributed by atoms with Crippen LogP contribution in [0.3, 0.4) is 0 Å². The summed E-state index contributed by atoms with van der Waals surface area (Å²) in [4.78, 5) is 13.2. The first-order valence-electron chi connectivity index (χ1n) is 5.75. The van der Waals surface area contributed by atoms with Gasteiger partial charge < -0.3 is 0 Å². The topological polar surface area (TPSA) is 75.5 Å². The summed E-state index contributed by atoms with van der Waals surface area (Å²) in [5, 5.41) is 9.17. The number of hydrogen-bond donors (Lipinski definition) is 3. The number of quaternary nitrogens is 2. The van der Waals surface area contributed by atoms with Crippen molar-refractivity contribution in [3.63, 3.8) is 0 Å². The van der Waals surface area contributed by atoms with E-state index in [0.717, 1.165) is 19.5 Å². The molecule has 0 amide bonds. The van der Waals surface area contributed by atoms with Crippen molar-refractivity contribution in [2.75, 3.05) is 39.6 Å². The summed E-state index contributed by atoms with van der Waals surface area (Å²) in [5.41, 5.74) is 0. The number of hydrogen-bond acceptors (Lipinski definition) is 4. The molecule has 3 aliphatic rings. The van der Waals surface area contributed by atoms with E-state index in [9.17, 15) is 9.90 Å². The maximum absolute atomic E-state index is 11.3. The van der Waals surface area contributed by atoms with E-state index in [1.54, 1.807) is 0 Å². The van der Waals surface area contributed by atoms with E-state index in [1.807, 2.05) is 4.98 Å². The molecule has 0 aliphatic carbocycles. The van der Waals surface area contributed by atoms with Gasteiger partial charge in [0.05, 0.1) is 0 Å². The van der Waals surface area contributed by atoms with Gasteiger partial charge in [0.15, 0.2) is 0 Å². The third-order valence-electron chi connectivity index (χ3n) is 5.01. The minimum atomic E-state index is -4.32. The molecule has 3 fully saturated rings. The zero-order valence-corrected chi connectivity index (χ0v) is 9.89. The Balaban J connectivity index is 2.11. The van der Waals surface area contributed by atoms with Crippen molar-refractivity contribution in [1.29, 1.82) is 0 Å². The van der Waals surface area contributed by atoms with Gasteiger partial charge >= 0.3 is 87.6 Å². The molecule has 0 saturated carbocycles. The average Bonchev–Trinajstić information content (AvgIpc) is 2.66. The monoisotopic (exact) mass is 236 g/mol. The zero-order valence-electron chi connectivity index (χ0n) is 8.89. The molecule has 0 radical (unpaired) electrons. The molecule has 90 valence electrons. The molecule has 15 heavy (non-hydrogen) atoms. The Bertz CT molecular complexity index is 322. The van der Waals surface area contributed by atoms with Gasteiger partial charge in [0, 0.05) is 0 Å². The van der Waals surface area contributed by atoms with Crippen molar-refractivity contribution in [1.82, 2.24) is 0 Å². The summed E-state index contributed by atoms with van der Waals surface area (Å²) in [6.07, 6.45) is 0.937. The Morgan fingerprint density at radius 2 is 2.27 bits per heavy atom. The molecule has 1 atom stereocenters. The molecule has 0 aromatic rings. The molecule has 7 heteroatoms. The van der Waals surface area contributed by atoms with Gasteiger partial charge in [0.2, 0.25) is 0 Å². The molecule has 3 saturated heterocycles. The SMILES string of the molecule is OCC[N@@+]12CCO[Si-2]13(O)(CCC[NH2+]3)OC2. The van der Waals surface area contributed by atoms with Crippen LogP contribution < -0.4 is 4.98 Å². The van der Waals surface area contributed by atoms with Crippen molar-refractivity contribution in [3.05, 3.63) is 0 Å². The summed E-state index contributed by atoms with van der Waals surface area (Å²) in [6.45, 7) is 3.33. The quantitative estimate of drug-likeness (QED) is 0.468. The first kappa shape index (κ1) is 10.2. The van der Waals surface area contributed by atoms with E-state index < -0.39 is 7.68 Å². The van der Waals surface area contributed by atoms with Crippen LogP contribution in [-0.4, -0.2) is 61.3 Å². The van der Waals surface area contributed by atoms with Gasteiger partial charge in [0.1, 0.15) is 0 Å². The molecule has 3 heterocycles. The van der Waals surface area contributed by atoms with E-state index in [4.69, 9.17) is 8.85 Å². The second-order valence-electron chi connectivity index (χ2n) is 5.39. The van der Waals surface area contributed by atoms with Gasteiger partial charge in [-0.2, -0.15) is 0 Å². The zero-order chi connectivity index (χ0) is 10.7. The molecule has 6 nitrogen and oxygen atoms in total. The van der Waals surface area contributed by atoms with Crippen LogP contribution in [0.25, 0.3) is 0 Å². The minimum absolute atomic E-state index is 0.0798. The van der Waals surface area contributed by atoms with E-state index in [-0.39, 0.29) is 6.61 Å². The third kappa shape index (κ3) is 0.772. The summed E-state index contributed by atoms with van der Waals surface area (Å²) in [6, 6.07) is 0.634. The number of nitrogens with zero attached hydrogens (tertiary/aromatic N) is 1. The van der Waals surface area contributed by atoms with Crippen LogP contribution in [-0.2, 0) is 8.85 Å². The predicted octanol–water partition coefficient (Wildman–Crippen LogP) is -2.39. The van der Waals surface area contributed by atoms with Crippen LogP contribution in [0.4, 0.5) is 0 Å². The average molecular weight is 236 g/mol. The normalized spacial score (nSPS) is 48.4. The maximum atomic E-state index is 11.3. The van der Waals surface area contributed by atoms with Crippen LogP contribution in [0.15, 0.2) is 0 Å². The van der Waals surface area contributed by atoms with E-state index >= 15 is 0 Å². The van der Waals surface area contributed by atoms with Crippen molar-refractivity contribution in [2.45, 2.75) is 12.5 Å². The van der Waals surface area contributed by atoms with Gasteiger partial charge in [-0.05, 0) is 0 Å². The van der Waals surface area contributed by atoms with Gasteiger partial charge in [-0.15, -0.1) is 0 Å². The van der Waals surface area contributed by atoms with E-state index in [0.29, 0.717) is 30.1 Å². The molecule has 3 rings (SSSR count). The predicted molar refractivity (Wildman–Crippen MR) is 53.2 cm³/mol. The first-order chi connectivity index (χ1) is 7.03. The van der Waals surface area contributed by atoms with Crippen molar-refractivity contribution < 1.29 is 27.9 Å². The van der Waals surface area contributed by atoms with E-state index in [1.165, 1.54) is 0 Å². The number of aliphatic hydroxyl groups is 1. The first-order valence-corrected chi connectivity index (χ1v) is 8.74. The van der Waals surface area contributed by atoms with Gasteiger partial charge in [-0.25, -0.2) is 0 Å². The Kier molecular flexibility index (Phi) is 1.56. The standard InChI is InChI=1S/C8H20N2O4Si/c11-5-3-10-4-6-13-15(10,12,14-8-10)7-1-2-9-15/h11-12H,1-9H2/t10-/m0/s1. The fourth-order valence-electron chi connectivity index (χ4n) is 3.94. The molecule has 0 aromatic carbocycles.